The van der Waals surface area contributed by atoms with Gasteiger partial charge in [-0.2, -0.15) is 0 Å². The number of hydrogen-bond acceptors (Lipinski definition) is 4. The van der Waals surface area contributed by atoms with E-state index >= 15 is 0 Å². The molecule has 0 saturated carbocycles. The summed E-state index contributed by atoms with van der Waals surface area (Å²) in [6, 6.07) is 7.82. The molecule has 0 aliphatic carbocycles. The number of hydrogen-bond donors (Lipinski definition) is 3. The maximum absolute atomic E-state index is 11.7. The molecule has 1 amide bonds. The van der Waals surface area contributed by atoms with E-state index in [1.165, 1.54) is 0 Å². The van der Waals surface area contributed by atoms with Crippen LogP contribution < -0.4 is 16.0 Å². The van der Waals surface area contributed by atoms with Gasteiger partial charge in [0.25, 0.3) is 0 Å². The Morgan fingerprint density at radius 2 is 2.00 bits per heavy atom. The quantitative estimate of drug-likeness (QED) is 0.181. The third kappa shape index (κ3) is 12.6. The first-order valence-electron chi connectivity index (χ1n) is 9.09. The van der Waals surface area contributed by atoms with Crippen molar-refractivity contribution in [2.24, 2.45) is 4.99 Å². The minimum Gasteiger partial charge on any atom is -0.382 e. The molecular formula is C19H33IN4O3. The Hall–Kier alpha value is -1.39. The van der Waals surface area contributed by atoms with Crippen LogP contribution in [0.4, 0.5) is 5.69 Å². The standard InChI is InChI=1S/C19H32N4O3.HI/c1-4-7-18(24)23-17-9-5-8-16(14-17)15-22-19(20-2)21-10-6-11-26-13-12-25-3;/h5,8-9,14H,4,6-7,10-13,15H2,1-3H3,(H,23,24)(H2,20,21,22);1H. The normalized spacial score (nSPS) is 10.9. The first-order chi connectivity index (χ1) is 12.7. The Morgan fingerprint density at radius 3 is 2.70 bits per heavy atom. The number of rotatable bonds is 12. The monoisotopic (exact) mass is 492 g/mol. The first kappa shape index (κ1) is 25.6. The van der Waals surface area contributed by atoms with Crippen LogP contribution in [0, 0.1) is 0 Å². The molecule has 0 spiro atoms. The largest absolute Gasteiger partial charge is 0.382 e. The van der Waals surface area contributed by atoms with Crippen molar-refractivity contribution in [1.82, 2.24) is 10.6 Å². The van der Waals surface area contributed by atoms with Crippen LogP contribution in [0.5, 0.6) is 0 Å². The molecule has 1 aromatic carbocycles. The second kappa shape index (κ2) is 16.8. The molecule has 0 heterocycles. The zero-order chi connectivity index (χ0) is 19.0. The number of nitrogens with zero attached hydrogens (tertiary/aromatic N) is 1. The Kier molecular flexibility index (Phi) is 15.9. The van der Waals surface area contributed by atoms with Gasteiger partial charge in [0, 0.05) is 46.0 Å². The van der Waals surface area contributed by atoms with Crippen molar-refractivity contribution in [3.63, 3.8) is 0 Å². The minimum atomic E-state index is 0. The highest BCUT2D eigenvalue weighted by molar-refractivity contribution is 14.0. The highest BCUT2D eigenvalue weighted by Gasteiger charge is 2.03. The number of guanidine groups is 1. The van der Waals surface area contributed by atoms with Crippen molar-refractivity contribution in [1.29, 1.82) is 0 Å². The van der Waals surface area contributed by atoms with Crippen molar-refractivity contribution < 1.29 is 14.3 Å². The highest BCUT2D eigenvalue weighted by atomic mass is 127. The summed E-state index contributed by atoms with van der Waals surface area (Å²) in [4.78, 5) is 15.9. The Morgan fingerprint density at radius 1 is 1.19 bits per heavy atom. The zero-order valence-corrected chi connectivity index (χ0v) is 18.9. The molecule has 7 nitrogen and oxygen atoms in total. The van der Waals surface area contributed by atoms with Gasteiger partial charge in [0.15, 0.2) is 5.96 Å². The van der Waals surface area contributed by atoms with Gasteiger partial charge < -0.3 is 25.4 Å². The van der Waals surface area contributed by atoms with Crippen LogP contribution in [0.15, 0.2) is 29.3 Å². The van der Waals surface area contributed by atoms with Crippen LogP contribution in [0.2, 0.25) is 0 Å². The molecule has 0 atom stereocenters. The molecule has 0 aromatic heterocycles. The Labute approximate surface area is 179 Å². The molecule has 0 fully saturated rings. The zero-order valence-electron chi connectivity index (χ0n) is 16.5. The topological polar surface area (TPSA) is 84.0 Å². The van der Waals surface area contributed by atoms with Crippen LogP contribution in [0.1, 0.15) is 31.7 Å². The average Bonchev–Trinajstić information content (AvgIpc) is 2.64. The molecule has 1 aromatic rings. The molecule has 0 radical (unpaired) electrons. The third-order valence-electron chi connectivity index (χ3n) is 3.56. The summed E-state index contributed by atoms with van der Waals surface area (Å²) in [5.41, 5.74) is 1.89. The molecule has 27 heavy (non-hydrogen) atoms. The average molecular weight is 492 g/mol. The maximum Gasteiger partial charge on any atom is 0.224 e. The fourth-order valence-electron chi connectivity index (χ4n) is 2.24. The SMILES string of the molecule is CCCC(=O)Nc1cccc(CNC(=NC)NCCCOCCOC)c1.I. The number of benzene rings is 1. The number of aliphatic imine (C=N–C) groups is 1. The number of halogens is 1. The van der Waals surface area contributed by atoms with E-state index in [1.807, 2.05) is 31.2 Å². The molecule has 154 valence electrons. The lowest BCUT2D eigenvalue weighted by molar-refractivity contribution is -0.116. The fraction of sp³-hybridized carbons (Fsp3) is 0.579. The summed E-state index contributed by atoms with van der Waals surface area (Å²) in [6.07, 6.45) is 2.27. The van der Waals surface area contributed by atoms with Gasteiger partial charge >= 0.3 is 0 Å². The van der Waals surface area contributed by atoms with Gasteiger partial charge in [-0.05, 0) is 30.5 Å². The Bertz CT molecular complexity index is 556. The second-order valence-corrected chi connectivity index (χ2v) is 5.81. The van der Waals surface area contributed by atoms with E-state index in [0.29, 0.717) is 32.8 Å². The van der Waals surface area contributed by atoms with Crippen LogP contribution in [0.3, 0.4) is 0 Å². The summed E-state index contributed by atoms with van der Waals surface area (Å²) in [5.74, 6) is 0.783. The summed E-state index contributed by atoms with van der Waals surface area (Å²) >= 11 is 0. The predicted octanol–water partition coefficient (Wildman–Crippen LogP) is 2.76. The lowest BCUT2D eigenvalue weighted by Gasteiger charge is -2.13. The van der Waals surface area contributed by atoms with Gasteiger partial charge in [0.05, 0.1) is 13.2 Å². The first-order valence-corrected chi connectivity index (χ1v) is 9.09. The van der Waals surface area contributed by atoms with Crippen molar-refractivity contribution >= 4 is 41.5 Å². The van der Waals surface area contributed by atoms with Crippen LogP contribution in [-0.2, 0) is 20.8 Å². The van der Waals surface area contributed by atoms with E-state index in [9.17, 15) is 4.79 Å². The van der Waals surface area contributed by atoms with E-state index in [-0.39, 0.29) is 29.9 Å². The molecule has 8 heteroatoms. The van der Waals surface area contributed by atoms with Gasteiger partial charge in [-0.1, -0.05) is 19.1 Å². The number of ether oxygens (including phenoxy) is 2. The molecule has 0 unspecified atom stereocenters. The number of carbonyl (C=O) groups is 1. The lowest BCUT2D eigenvalue weighted by atomic mass is 10.2. The summed E-state index contributed by atoms with van der Waals surface area (Å²) in [6.45, 7) is 5.32. The molecule has 0 saturated heterocycles. The molecule has 0 bridgehead atoms. The molecule has 3 N–H and O–H groups in total. The van der Waals surface area contributed by atoms with E-state index < -0.39 is 0 Å². The van der Waals surface area contributed by atoms with Crippen molar-refractivity contribution in [2.45, 2.75) is 32.7 Å². The Balaban J connectivity index is 0.00000676. The van der Waals surface area contributed by atoms with E-state index in [4.69, 9.17) is 9.47 Å². The predicted molar refractivity (Wildman–Crippen MR) is 121 cm³/mol. The molecular weight excluding hydrogens is 459 g/mol. The van der Waals surface area contributed by atoms with Crippen molar-refractivity contribution in [2.75, 3.05) is 45.8 Å². The summed E-state index contributed by atoms with van der Waals surface area (Å²) in [7, 11) is 3.40. The molecule has 1 rings (SSSR count). The number of nitrogens with one attached hydrogen (secondary N) is 3. The van der Waals surface area contributed by atoms with Gasteiger partial charge in [0.2, 0.25) is 5.91 Å². The minimum absolute atomic E-state index is 0. The second-order valence-electron chi connectivity index (χ2n) is 5.81. The number of anilines is 1. The van der Waals surface area contributed by atoms with Crippen molar-refractivity contribution in [3.05, 3.63) is 29.8 Å². The number of amides is 1. The maximum atomic E-state index is 11.7. The van der Waals surface area contributed by atoms with Crippen molar-refractivity contribution in [3.8, 4) is 0 Å². The smallest absolute Gasteiger partial charge is 0.224 e. The van der Waals surface area contributed by atoms with E-state index in [0.717, 1.165) is 36.6 Å². The lowest BCUT2D eigenvalue weighted by Crippen LogP contribution is -2.37. The number of methoxy groups -OCH3 is 1. The third-order valence-corrected chi connectivity index (χ3v) is 3.56. The van der Waals surface area contributed by atoms with Gasteiger partial charge in [-0.3, -0.25) is 9.79 Å². The number of carbonyl (C=O) groups excluding carboxylic acids is 1. The van der Waals surface area contributed by atoms with E-state index in [2.05, 4.69) is 20.9 Å². The van der Waals surface area contributed by atoms with Crippen LogP contribution in [0.25, 0.3) is 0 Å². The van der Waals surface area contributed by atoms with Gasteiger partial charge in [-0.25, -0.2) is 0 Å². The highest BCUT2D eigenvalue weighted by Crippen LogP contribution is 2.11. The fourth-order valence-corrected chi connectivity index (χ4v) is 2.24. The van der Waals surface area contributed by atoms with Crippen LogP contribution in [-0.4, -0.2) is 52.4 Å². The summed E-state index contributed by atoms with van der Waals surface area (Å²) < 4.78 is 10.3. The molecule has 0 aliphatic rings. The van der Waals surface area contributed by atoms with Crippen LogP contribution >= 0.6 is 24.0 Å². The van der Waals surface area contributed by atoms with E-state index in [1.54, 1.807) is 14.2 Å². The summed E-state index contributed by atoms with van der Waals surface area (Å²) in [5, 5.41) is 9.43. The molecule has 0 aliphatic heterocycles. The van der Waals surface area contributed by atoms with Gasteiger partial charge in [0.1, 0.15) is 0 Å². The van der Waals surface area contributed by atoms with Gasteiger partial charge in [-0.15, -0.1) is 24.0 Å².